The number of thiazole rings is 1. The largest absolute Gasteiger partial charge is 0.382 e. The predicted octanol–water partition coefficient (Wildman–Crippen LogP) is 0.909. The van der Waals surface area contributed by atoms with Crippen LogP contribution in [0.25, 0.3) is 0 Å². The molecule has 86 valence electrons. The topological polar surface area (TPSA) is 80.0 Å². The highest BCUT2D eigenvalue weighted by molar-refractivity contribution is 7.18. The molecule has 4 N–H and O–H groups in total. The van der Waals surface area contributed by atoms with Crippen molar-refractivity contribution in [1.82, 2.24) is 10.3 Å². The van der Waals surface area contributed by atoms with Crippen LogP contribution < -0.4 is 16.4 Å². The first-order valence-corrected chi connectivity index (χ1v) is 5.65. The number of carbonyl (C=O) groups excluding carboxylic acids is 1. The third kappa shape index (κ3) is 2.64. The smallest absolute Gasteiger partial charge is 0.266 e. The second-order valence-corrected chi connectivity index (χ2v) is 4.08. The minimum Gasteiger partial charge on any atom is -0.382 e. The summed E-state index contributed by atoms with van der Waals surface area (Å²) in [5, 5.41) is 6.14. The van der Waals surface area contributed by atoms with E-state index in [1.807, 2.05) is 6.92 Å². The molecule has 1 rings (SSSR count). The van der Waals surface area contributed by atoms with Crippen LogP contribution >= 0.6 is 11.3 Å². The van der Waals surface area contributed by atoms with E-state index in [1.165, 1.54) is 11.3 Å². The average Bonchev–Trinajstić information content (AvgIpc) is 2.67. The van der Waals surface area contributed by atoms with Crippen LogP contribution in [-0.2, 0) is 0 Å². The van der Waals surface area contributed by atoms with Crippen LogP contribution in [0.3, 0.4) is 0 Å². The molecular formula is C10H14N4OS. The van der Waals surface area contributed by atoms with Crippen molar-refractivity contribution in [2.75, 3.05) is 18.1 Å². The van der Waals surface area contributed by atoms with Crippen molar-refractivity contribution in [3.05, 3.63) is 4.88 Å². The van der Waals surface area contributed by atoms with Crippen LogP contribution in [0.4, 0.5) is 10.9 Å². The molecule has 1 aromatic heterocycles. The minimum atomic E-state index is -0.277. The Hall–Kier alpha value is -1.74. The summed E-state index contributed by atoms with van der Waals surface area (Å²) in [5.41, 5.74) is 5.62. The zero-order valence-electron chi connectivity index (χ0n) is 9.20. The first-order valence-electron chi connectivity index (χ1n) is 4.83. The third-order valence-corrected chi connectivity index (χ3v) is 3.08. The van der Waals surface area contributed by atoms with Crippen molar-refractivity contribution in [1.29, 1.82) is 0 Å². The van der Waals surface area contributed by atoms with E-state index in [1.54, 1.807) is 7.05 Å². The first kappa shape index (κ1) is 12.3. The summed E-state index contributed by atoms with van der Waals surface area (Å²) in [5.74, 6) is 2.43. The number of carbonyl (C=O) groups is 1. The lowest BCUT2D eigenvalue weighted by molar-refractivity contribution is 0.0950. The van der Waals surface area contributed by atoms with Gasteiger partial charge in [0.05, 0.1) is 6.04 Å². The maximum Gasteiger partial charge on any atom is 0.266 e. The van der Waals surface area contributed by atoms with E-state index in [4.69, 9.17) is 12.2 Å². The van der Waals surface area contributed by atoms with Crippen molar-refractivity contribution in [3.8, 4) is 12.3 Å². The summed E-state index contributed by atoms with van der Waals surface area (Å²) in [6, 6.07) is -0.271. The normalized spacial score (nSPS) is 11.6. The Kier molecular flexibility index (Phi) is 4.14. The van der Waals surface area contributed by atoms with E-state index in [2.05, 4.69) is 21.5 Å². The van der Waals surface area contributed by atoms with Crippen LogP contribution in [0.1, 0.15) is 23.0 Å². The van der Waals surface area contributed by atoms with E-state index in [0.29, 0.717) is 16.4 Å². The molecule has 0 aromatic carbocycles. The lowest BCUT2D eigenvalue weighted by Gasteiger charge is -2.09. The van der Waals surface area contributed by atoms with Crippen molar-refractivity contribution in [2.45, 2.75) is 19.4 Å². The Balaban J connectivity index is 2.80. The van der Waals surface area contributed by atoms with Gasteiger partial charge < -0.3 is 16.4 Å². The molecule has 0 aliphatic carbocycles. The Morgan fingerprint density at radius 3 is 2.88 bits per heavy atom. The van der Waals surface area contributed by atoms with Gasteiger partial charge >= 0.3 is 0 Å². The maximum atomic E-state index is 11.8. The number of nitrogen functional groups attached to an aromatic ring is 1. The molecule has 0 bridgehead atoms. The molecule has 0 aliphatic heterocycles. The molecule has 0 fully saturated rings. The number of nitrogens with two attached hydrogens (primary N) is 1. The van der Waals surface area contributed by atoms with Gasteiger partial charge in [-0.3, -0.25) is 4.79 Å². The fourth-order valence-corrected chi connectivity index (χ4v) is 1.83. The highest BCUT2D eigenvalue weighted by Crippen LogP contribution is 2.24. The van der Waals surface area contributed by atoms with Gasteiger partial charge in [-0.2, -0.15) is 0 Å². The van der Waals surface area contributed by atoms with Crippen LogP contribution in [0.15, 0.2) is 0 Å². The molecule has 0 saturated carbocycles. The Bertz CT molecular complexity index is 421. The highest BCUT2D eigenvalue weighted by atomic mass is 32.1. The number of amides is 1. The van der Waals surface area contributed by atoms with Crippen LogP contribution in [0.2, 0.25) is 0 Å². The van der Waals surface area contributed by atoms with Gasteiger partial charge in [-0.05, 0) is 6.42 Å². The van der Waals surface area contributed by atoms with E-state index in [-0.39, 0.29) is 17.8 Å². The molecule has 1 amide bonds. The van der Waals surface area contributed by atoms with Gasteiger partial charge in [-0.1, -0.05) is 24.2 Å². The number of rotatable bonds is 4. The Labute approximate surface area is 98.4 Å². The highest BCUT2D eigenvalue weighted by Gasteiger charge is 2.17. The van der Waals surface area contributed by atoms with Gasteiger partial charge in [-0.25, -0.2) is 4.98 Å². The number of hydrogen-bond acceptors (Lipinski definition) is 5. The number of nitrogens with zero attached hydrogens (tertiary/aromatic N) is 1. The number of aromatic nitrogens is 1. The maximum absolute atomic E-state index is 11.8. The lowest BCUT2D eigenvalue weighted by atomic mass is 10.2. The summed E-state index contributed by atoms with van der Waals surface area (Å²) in [7, 11) is 1.72. The summed E-state index contributed by atoms with van der Waals surface area (Å²) >= 11 is 1.20. The molecule has 1 aromatic rings. The molecule has 5 nitrogen and oxygen atoms in total. The molecule has 0 radical (unpaired) electrons. The van der Waals surface area contributed by atoms with Gasteiger partial charge in [0.2, 0.25) is 0 Å². The van der Waals surface area contributed by atoms with Gasteiger partial charge in [0, 0.05) is 7.05 Å². The van der Waals surface area contributed by atoms with Crippen LogP contribution in [0.5, 0.6) is 0 Å². The van der Waals surface area contributed by atoms with Crippen molar-refractivity contribution >= 4 is 28.2 Å². The molecule has 6 heteroatoms. The SMILES string of the molecule is C#CC(CC)NC(=O)c1sc(NC)nc1N. The summed E-state index contributed by atoms with van der Waals surface area (Å²) < 4.78 is 0. The Morgan fingerprint density at radius 2 is 2.44 bits per heavy atom. The molecule has 0 saturated heterocycles. The van der Waals surface area contributed by atoms with Crippen molar-refractivity contribution in [3.63, 3.8) is 0 Å². The number of terminal acetylenes is 1. The predicted molar refractivity (Wildman–Crippen MR) is 66.5 cm³/mol. The zero-order valence-corrected chi connectivity index (χ0v) is 10.0. The second kappa shape index (κ2) is 5.37. The van der Waals surface area contributed by atoms with Gasteiger partial charge in [-0.15, -0.1) is 6.42 Å². The average molecular weight is 238 g/mol. The third-order valence-electron chi connectivity index (χ3n) is 1.99. The van der Waals surface area contributed by atoms with Crippen molar-refractivity contribution in [2.24, 2.45) is 0 Å². The van der Waals surface area contributed by atoms with E-state index in [9.17, 15) is 4.79 Å². The van der Waals surface area contributed by atoms with Crippen LogP contribution in [0, 0.1) is 12.3 Å². The Morgan fingerprint density at radius 1 is 1.75 bits per heavy atom. The quantitative estimate of drug-likeness (QED) is 0.681. The fourth-order valence-electron chi connectivity index (χ4n) is 1.09. The standard InChI is InChI=1S/C10H14N4OS/c1-4-6(5-2)13-9(15)7-8(11)14-10(12-3)16-7/h1,6H,5,11H2,2-3H3,(H,12,14)(H,13,15). The minimum absolute atomic E-state index is 0.221. The molecule has 0 spiro atoms. The van der Waals surface area contributed by atoms with E-state index in [0.717, 1.165) is 0 Å². The first-order chi connectivity index (χ1) is 7.62. The van der Waals surface area contributed by atoms with Crippen LogP contribution in [-0.4, -0.2) is 24.0 Å². The second-order valence-electron chi connectivity index (χ2n) is 3.08. The number of anilines is 2. The van der Waals surface area contributed by atoms with E-state index < -0.39 is 0 Å². The number of hydrogen-bond donors (Lipinski definition) is 3. The molecular weight excluding hydrogens is 224 g/mol. The van der Waals surface area contributed by atoms with Gasteiger partial charge in [0.1, 0.15) is 10.7 Å². The molecule has 16 heavy (non-hydrogen) atoms. The zero-order chi connectivity index (χ0) is 12.1. The van der Waals surface area contributed by atoms with E-state index >= 15 is 0 Å². The number of nitrogens with one attached hydrogen (secondary N) is 2. The summed E-state index contributed by atoms with van der Waals surface area (Å²) in [4.78, 5) is 16.1. The fraction of sp³-hybridized carbons (Fsp3) is 0.400. The van der Waals surface area contributed by atoms with Gasteiger partial charge in [0.15, 0.2) is 5.13 Å². The monoisotopic (exact) mass is 238 g/mol. The lowest BCUT2D eigenvalue weighted by Crippen LogP contribution is -2.33. The summed E-state index contributed by atoms with van der Waals surface area (Å²) in [6.45, 7) is 1.90. The molecule has 0 aliphatic rings. The molecule has 1 heterocycles. The summed E-state index contributed by atoms with van der Waals surface area (Å²) in [6.07, 6.45) is 5.94. The van der Waals surface area contributed by atoms with Crippen molar-refractivity contribution < 1.29 is 4.79 Å². The van der Waals surface area contributed by atoms with Gasteiger partial charge in [0.25, 0.3) is 5.91 Å². The molecule has 1 unspecified atom stereocenters. The molecule has 1 atom stereocenters.